The first kappa shape index (κ1) is 12.2. The Kier molecular flexibility index (Phi) is 3.28. The van der Waals surface area contributed by atoms with Crippen molar-refractivity contribution < 1.29 is 23.0 Å². The van der Waals surface area contributed by atoms with E-state index >= 15 is 0 Å². The Balaban J connectivity index is 1.86. The first-order chi connectivity index (χ1) is 8.00. The van der Waals surface area contributed by atoms with Gasteiger partial charge in [-0.3, -0.25) is 0 Å². The van der Waals surface area contributed by atoms with Crippen molar-refractivity contribution in [2.24, 2.45) is 11.8 Å². The summed E-state index contributed by atoms with van der Waals surface area (Å²) in [4.78, 5) is 0. The number of hydrogen-bond acceptors (Lipinski definition) is 2. The molecule has 2 nitrogen and oxygen atoms in total. The summed E-state index contributed by atoms with van der Waals surface area (Å²) < 4.78 is 42.2. The van der Waals surface area contributed by atoms with E-state index in [0.717, 1.165) is 18.6 Å². The highest BCUT2D eigenvalue weighted by Gasteiger charge is 2.36. The number of hydrogen-bond donors (Lipinski definition) is 1. The van der Waals surface area contributed by atoms with Crippen molar-refractivity contribution in [2.75, 3.05) is 13.2 Å². The van der Waals surface area contributed by atoms with E-state index in [2.05, 4.69) is 0 Å². The maximum absolute atomic E-state index is 12.3. The Labute approximate surface area is 97.0 Å². The predicted molar refractivity (Wildman–Crippen MR) is 55.6 cm³/mol. The molecule has 0 bridgehead atoms. The number of rotatable bonds is 4. The fraction of sp³-hybridized carbons (Fsp3) is 0.500. The van der Waals surface area contributed by atoms with Gasteiger partial charge in [0.25, 0.3) is 0 Å². The highest BCUT2D eigenvalue weighted by Crippen LogP contribution is 2.38. The van der Waals surface area contributed by atoms with Gasteiger partial charge in [0.2, 0.25) is 0 Å². The average molecular weight is 246 g/mol. The van der Waals surface area contributed by atoms with Crippen molar-refractivity contribution in [3.63, 3.8) is 0 Å². The third kappa shape index (κ3) is 3.12. The zero-order valence-corrected chi connectivity index (χ0v) is 9.07. The number of aliphatic hydroxyl groups excluding tert-OH is 1. The molecule has 1 fully saturated rings. The molecule has 1 N–H and O–H groups in total. The van der Waals surface area contributed by atoms with E-state index in [1.54, 1.807) is 0 Å². The van der Waals surface area contributed by atoms with E-state index in [1.165, 1.54) is 12.1 Å². The molecule has 1 aliphatic rings. The Morgan fingerprint density at radius 1 is 1.18 bits per heavy atom. The van der Waals surface area contributed by atoms with Gasteiger partial charge in [0, 0.05) is 6.61 Å². The molecule has 0 aromatic heterocycles. The normalized spacial score (nSPS) is 23.5. The van der Waals surface area contributed by atoms with Crippen LogP contribution < -0.4 is 4.74 Å². The van der Waals surface area contributed by atoms with E-state index in [0.29, 0.717) is 24.2 Å². The minimum atomic E-state index is -4.31. The van der Waals surface area contributed by atoms with Crippen LogP contribution in [0, 0.1) is 11.8 Å². The Bertz CT molecular complexity index is 372. The van der Waals surface area contributed by atoms with Crippen LogP contribution in [0.2, 0.25) is 0 Å². The number of benzene rings is 1. The molecule has 1 aromatic rings. The summed E-state index contributed by atoms with van der Waals surface area (Å²) in [5.74, 6) is 1.06. The lowest BCUT2D eigenvalue weighted by atomic mass is 10.2. The van der Waals surface area contributed by atoms with Crippen molar-refractivity contribution in [3.05, 3.63) is 29.8 Å². The van der Waals surface area contributed by atoms with Gasteiger partial charge in [0.1, 0.15) is 5.75 Å². The van der Waals surface area contributed by atoms with Crippen molar-refractivity contribution in [1.29, 1.82) is 0 Å². The summed E-state index contributed by atoms with van der Waals surface area (Å²) >= 11 is 0. The molecule has 0 radical (unpaired) electrons. The summed E-state index contributed by atoms with van der Waals surface area (Å²) in [6.45, 7) is 0.609. The van der Waals surface area contributed by atoms with E-state index in [4.69, 9.17) is 9.84 Å². The van der Waals surface area contributed by atoms with Crippen LogP contribution in [-0.2, 0) is 6.18 Å². The molecule has 0 amide bonds. The van der Waals surface area contributed by atoms with Crippen LogP contribution in [0.25, 0.3) is 0 Å². The van der Waals surface area contributed by atoms with Gasteiger partial charge in [-0.15, -0.1) is 0 Å². The molecule has 17 heavy (non-hydrogen) atoms. The van der Waals surface area contributed by atoms with Crippen molar-refractivity contribution in [2.45, 2.75) is 12.6 Å². The summed E-state index contributed by atoms with van der Waals surface area (Å²) in [5.41, 5.74) is -0.676. The average Bonchev–Trinajstić information content (AvgIpc) is 3.04. The van der Waals surface area contributed by atoms with Gasteiger partial charge in [0.05, 0.1) is 12.2 Å². The SMILES string of the molecule is OCC1CC1COc1ccc(C(F)(F)F)cc1. The van der Waals surface area contributed by atoms with Crippen molar-refractivity contribution in [3.8, 4) is 5.75 Å². The molecule has 0 aliphatic heterocycles. The maximum Gasteiger partial charge on any atom is 0.416 e. The molecule has 2 unspecified atom stereocenters. The van der Waals surface area contributed by atoms with Gasteiger partial charge < -0.3 is 9.84 Å². The van der Waals surface area contributed by atoms with Gasteiger partial charge in [-0.05, 0) is 42.5 Å². The molecule has 1 aromatic carbocycles. The van der Waals surface area contributed by atoms with Crippen LogP contribution in [0.5, 0.6) is 5.75 Å². The molecular weight excluding hydrogens is 233 g/mol. The van der Waals surface area contributed by atoms with Crippen LogP contribution in [0.1, 0.15) is 12.0 Å². The summed E-state index contributed by atoms with van der Waals surface area (Å²) in [6.07, 6.45) is -3.38. The molecular formula is C12H13F3O2. The lowest BCUT2D eigenvalue weighted by molar-refractivity contribution is -0.137. The monoisotopic (exact) mass is 246 g/mol. The highest BCUT2D eigenvalue weighted by atomic mass is 19.4. The molecule has 0 spiro atoms. The van der Waals surface area contributed by atoms with Gasteiger partial charge >= 0.3 is 6.18 Å². The molecule has 1 saturated carbocycles. The van der Waals surface area contributed by atoms with Crippen LogP contribution in [0.4, 0.5) is 13.2 Å². The molecule has 2 rings (SSSR count). The Morgan fingerprint density at radius 2 is 1.82 bits per heavy atom. The number of halogens is 3. The smallest absolute Gasteiger partial charge is 0.416 e. The molecule has 1 aliphatic carbocycles. The third-order valence-electron chi connectivity index (χ3n) is 2.95. The number of alkyl halides is 3. The first-order valence-corrected chi connectivity index (χ1v) is 5.41. The zero-order chi connectivity index (χ0) is 12.5. The maximum atomic E-state index is 12.3. The zero-order valence-electron chi connectivity index (χ0n) is 9.07. The molecule has 5 heteroatoms. The lowest BCUT2D eigenvalue weighted by Crippen LogP contribution is -2.05. The van der Waals surface area contributed by atoms with Crippen LogP contribution in [0.15, 0.2) is 24.3 Å². The topological polar surface area (TPSA) is 29.5 Å². The fourth-order valence-electron chi connectivity index (χ4n) is 1.68. The second-order valence-electron chi connectivity index (χ2n) is 4.27. The van der Waals surface area contributed by atoms with Gasteiger partial charge in [-0.25, -0.2) is 0 Å². The summed E-state index contributed by atoms with van der Waals surface area (Å²) in [5, 5.41) is 8.82. The minimum absolute atomic E-state index is 0.154. The van der Waals surface area contributed by atoms with Gasteiger partial charge in [-0.2, -0.15) is 13.2 Å². The second kappa shape index (κ2) is 4.56. The van der Waals surface area contributed by atoms with Gasteiger partial charge in [-0.1, -0.05) is 0 Å². The fourth-order valence-corrected chi connectivity index (χ4v) is 1.68. The molecule has 0 saturated heterocycles. The lowest BCUT2D eigenvalue weighted by Gasteiger charge is -2.08. The Morgan fingerprint density at radius 3 is 2.29 bits per heavy atom. The van der Waals surface area contributed by atoms with E-state index in [9.17, 15) is 13.2 Å². The summed E-state index contributed by atoms with van der Waals surface area (Å²) in [7, 11) is 0. The summed E-state index contributed by atoms with van der Waals surface area (Å²) in [6, 6.07) is 4.65. The van der Waals surface area contributed by atoms with Crippen molar-refractivity contribution >= 4 is 0 Å². The molecule has 94 valence electrons. The number of ether oxygens (including phenoxy) is 1. The van der Waals surface area contributed by atoms with Gasteiger partial charge in [0.15, 0.2) is 0 Å². The number of aliphatic hydroxyl groups is 1. The molecule has 0 heterocycles. The van der Waals surface area contributed by atoms with Crippen molar-refractivity contribution in [1.82, 2.24) is 0 Å². The van der Waals surface area contributed by atoms with Crippen LogP contribution in [0.3, 0.4) is 0 Å². The predicted octanol–water partition coefficient (Wildman–Crippen LogP) is 2.71. The standard InChI is InChI=1S/C12H13F3O2/c13-12(14,15)10-1-3-11(4-2-10)17-7-9-5-8(9)6-16/h1-4,8-9,16H,5-7H2. The van der Waals surface area contributed by atoms with Crippen LogP contribution >= 0.6 is 0 Å². The van der Waals surface area contributed by atoms with Crippen LogP contribution in [-0.4, -0.2) is 18.3 Å². The third-order valence-corrected chi connectivity index (χ3v) is 2.95. The first-order valence-electron chi connectivity index (χ1n) is 5.41. The largest absolute Gasteiger partial charge is 0.493 e. The van der Waals surface area contributed by atoms with E-state index in [1.807, 2.05) is 0 Å². The minimum Gasteiger partial charge on any atom is -0.493 e. The van der Waals surface area contributed by atoms with E-state index < -0.39 is 11.7 Å². The highest BCUT2D eigenvalue weighted by molar-refractivity contribution is 5.28. The van der Waals surface area contributed by atoms with E-state index in [-0.39, 0.29) is 6.61 Å². The molecule has 2 atom stereocenters. The second-order valence-corrected chi connectivity index (χ2v) is 4.27. The quantitative estimate of drug-likeness (QED) is 0.885. The Hall–Kier alpha value is -1.23.